The van der Waals surface area contributed by atoms with Gasteiger partial charge in [-0.2, -0.15) is 0 Å². The first-order valence-electron chi connectivity index (χ1n) is 23.8. The smallest absolute Gasteiger partial charge is 0.264 e. The molecule has 6 atom stereocenters. The van der Waals surface area contributed by atoms with Crippen molar-refractivity contribution < 1.29 is 48.6 Å². The summed E-state index contributed by atoms with van der Waals surface area (Å²) in [6, 6.07) is 23.7. The van der Waals surface area contributed by atoms with Crippen molar-refractivity contribution in [1.82, 2.24) is 41.1 Å². The molecule has 8 amide bonds. The molecule has 0 spiro atoms. The molecular weight excluding hydrogens is 925 g/mol. The minimum absolute atomic E-state index is 0.0285. The van der Waals surface area contributed by atoms with Gasteiger partial charge < -0.3 is 52.7 Å². The SMILES string of the molecule is C[C@@H](NC(=O)[C@H](N)Cc1ccc(O)cc1)C(=O)N(C)CC(=O)N[C@@H](Cc1ccccc1)C(=O)N1CCCCN1C(=O)[C@@H](Cc1ccccc1)NC(=O)CN(C)C(=O)[C@@H](C)NC(=O)[C@H](N)Cc1ccc(O)cc1. The molecule has 1 aliphatic rings. The van der Waals surface area contributed by atoms with Crippen LogP contribution in [-0.2, 0) is 64.0 Å². The lowest BCUT2D eigenvalue weighted by molar-refractivity contribution is -0.171. The number of nitrogens with one attached hydrogen (secondary N) is 4. The third-order valence-electron chi connectivity index (χ3n) is 12.1. The Morgan fingerprint density at radius 1 is 0.500 bits per heavy atom. The highest BCUT2D eigenvalue weighted by Gasteiger charge is 2.38. The Morgan fingerprint density at radius 2 is 0.819 bits per heavy atom. The molecule has 1 saturated heterocycles. The van der Waals surface area contributed by atoms with Crippen molar-refractivity contribution in [3.05, 3.63) is 131 Å². The van der Waals surface area contributed by atoms with Crippen molar-refractivity contribution in [2.45, 2.75) is 88.6 Å². The van der Waals surface area contributed by atoms with Crippen LogP contribution in [0.15, 0.2) is 109 Å². The summed E-state index contributed by atoms with van der Waals surface area (Å²) in [6.45, 7) is 2.17. The molecule has 1 heterocycles. The van der Waals surface area contributed by atoms with E-state index in [0.29, 0.717) is 35.1 Å². The number of hydrogen-bond acceptors (Lipinski definition) is 12. The van der Waals surface area contributed by atoms with Crippen LogP contribution < -0.4 is 32.7 Å². The highest BCUT2D eigenvalue weighted by molar-refractivity contribution is 5.96. The summed E-state index contributed by atoms with van der Waals surface area (Å²) in [6.07, 6.45) is 1.41. The van der Waals surface area contributed by atoms with Crippen LogP contribution >= 0.6 is 0 Å². The van der Waals surface area contributed by atoms with Gasteiger partial charge in [-0.15, -0.1) is 0 Å². The fourth-order valence-corrected chi connectivity index (χ4v) is 8.13. The van der Waals surface area contributed by atoms with E-state index in [2.05, 4.69) is 21.3 Å². The van der Waals surface area contributed by atoms with Gasteiger partial charge in [-0.1, -0.05) is 84.9 Å². The zero-order chi connectivity index (χ0) is 52.5. The van der Waals surface area contributed by atoms with Crippen LogP contribution in [0.4, 0.5) is 0 Å². The number of nitrogens with zero attached hydrogens (tertiary/aromatic N) is 4. The molecule has 5 rings (SSSR count). The fourth-order valence-electron chi connectivity index (χ4n) is 8.13. The number of carbonyl (C=O) groups excluding carboxylic acids is 8. The molecule has 0 saturated carbocycles. The molecule has 20 heteroatoms. The van der Waals surface area contributed by atoms with E-state index in [1.54, 1.807) is 84.9 Å². The minimum atomic E-state index is -1.21. The first kappa shape index (κ1) is 55.1. The normalized spacial score (nSPS) is 14.8. The van der Waals surface area contributed by atoms with Gasteiger partial charge in [0.1, 0.15) is 35.7 Å². The lowest BCUT2D eigenvalue weighted by atomic mass is 10.0. The maximum Gasteiger partial charge on any atom is 0.264 e. The van der Waals surface area contributed by atoms with Crippen LogP contribution in [0.2, 0.25) is 0 Å². The number of nitrogens with two attached hydrogens (primary N) is 2. The summed E-state index contributed by atoms with van der Waals surface area (Å²) in [4.78, 5) is 112. The van der Waals surface area contributed by atoms with Crippen molar-refractivity contribution in [2.75, 3.05) is 40.3 Å². The standard InChI is InChI=1S/C52H66N10O10/c1-33(55-47(67)41(53)27-37-17-21-39(63)22-18-37)49(69)59(3)31-45(65)57-43(29-35-13-7-5-8-14-35)51(71)61-25-11-12-26-62(61)52(72)44(30-36-15-9-6-10-16-36)58-46(66)32-60(4)50(70)34(2)56-48(68)42(54)28-38-19-23-40(64)24-20-38/h5-10,13-24,33-34,41-44,63-64H,11-12,25-32,53-54H2,1-4H3,(H,55,67)(H,56,68)(H,57,65)(H,58,66)/t33-,34-,41-,42-,43-,44+/m1/s1. The number of amides is 8. The summed E-state index contributed by atoms with van der Waals surface area (Å²) in [7, 11) is 2.76. The molecule has 0 aromatic heterocycles. The first-order chi connectivity index (χ1) is 34.3. The van der Waals surface area contributed by atoms with E-state index >= 15 is 0 Å². The van der Waals surface area contributed by atoms with Crippen LogP contribution in [-0.4, -0.2) is 154 Å². The number of phenols is 2. The average molecular weight is 991 g/mol. The second-order valence-electron chi connectivity index (χ2n) is 18.1. The highest BCUT2D eigenvalue weighted by atomic mass is 16.3. The zero-order valence-electron chi connectivity index (χ0n) is 41.0. The highest BCUT2D eigenvalue weighted by Crippen LogP contribution is 2.19. The van der Waals surface area contributed by atoms with E-state index in [1.807, 2.05) is 0 Å². The second-order valence-corrected chi connectivity index (χ2v) is 18.1. The van der Waals surface area contributed by atoms with Crippen molar-refractivity contribution in [3.63, 3.8) is 0 Å². The summed E-state index contributed by atoms with van der Waals surface area (Å²) in [5.74, 6) is -4.83. The molecule has 1 aliphatic heterocycles. The zero-order valence-corrected chi connectivity index (χ0v) is 41.0. The lowest BCUT2D eigenvalue weighted by Gasteiger charge is -2.41. The summed E-state index contributed by atoms with van der Waals surface area (Å²) < 4.78 is 0. The quantitative estimate of drug-likeness (QED) is 0.0528. The van der Waals surface area contributed by atoms with Crippen LogP contribution in [0, 0.1) is 0 Å². The predicted molar refractivity (Wildman–Crippen MR) is 267 cm³/mol. The van der Waals surface area contributed by atoms with Crippen molar-refractivity contribution >= 4 is 47.3 Å². The third-order valence-corrected chi connectivity index (χ3v) is 12.1. The number of rotatable bonds is 22. The molecule has 4 aromatic rings. The molecular formula is C52H66N10O10. The molecule has 20 nitrogen and oxygen atoms in total. The fraction of sp³-hybridized carbons (Fsp3) is 0.385. The average Bonchev–Trinajstić information content (AvgIpc) is 3.36. The van der Waals surface area contributed by atoms with Crippen molar-refractivity contribution in [3.8, 4) is 11.5 Å². The van der Waals surface area contributed by atoms with E-state index in [4.69, 9.17) is 11.5 Å². The van der Waals surface area contributed by atoms with E-state index in [-0.39, 0.29) is 50.3 Å². The molecule has 4 aromatic carbocycles. The number of benzene rings is 4. The Kier molecular flexibility index (Phi) is 20.2. The Balaban J connectivity index is 1.25. The van der Waals surface area contributed by atoms with Gasteiger partial charge in [-0.3, -0.25) is 38.4 Å². The van der Waals surface area contributed by atoms with Crippen LogP contribution in [0.1, 0.15) is 48.9 Å². The largest absolute Gasteiger partial charge is 0.508 e. The van der Waals surface area contributed by atoms with Gasteiger partial charge in [0, 0.05) is 40.0 Å². The van der Waals surface area contributed by atoms with E-state index in [0.717, 1.165) is 9.80 Å². The molecule has 10 N–H and O–H groups in total. The minimum Gasteiger partial charge on any atom is -0.508 e. The molecule has 0 aliphatic carbocycles. The number of hydrazine groups is 1. The van der Waals surface area contributed by atoms with Gasteiger partial charge in [0.2, 0.25) is 35.4 Å². The molecule has 72 heavy (non-hydrogen) atoms. The maximum atomic E-state index is 14.7. The Morgan fingerprint density at radius 3 is 1.15 bits per heavy atom. The Hall–Kier alpha value is -7.84. The first-order valence-corrected chi connectivity index (χ1v) is 23.8. The number of aromatic hydroxyl groups is 2. The Bertz CT molecular complexity index is 2320. The van der Waals surface area contributed by atoms with Crippen molar-refractivity contribution in [2.24, 2.45) is 11.5 Å². The van der Waals surface area contributed by atoms with E-state index in [1.165, 1.54) is 62.2 Å². The Labute approximate surface area is 419 Å². The third kappa shape index (κ3) is 16.4. The topological polar surface area (TPSA) is 290 Å². The van der Waals surface area contributed by atoms with Crippen LogP contribution in [0.5, 0.6) is 11.5 Å². The molecule has 384 valence electrons. The van der Waals surface area contributed by atoms with Crippen LogP contribution in [0.3, 0.4) is 0 Å². The molecule has 0 bridgehead atoms. The van der Waals surface area contributed by atoms with E-state index in [9.17, 15) is 48.6 Å². The summed E-state index contributed by atoms with van der Waals surface area (Å²) in [5.41, 5.74) is 15.0. The molecule has 0 radical (unpaired) electrons. The van der Waals surface area contributed by atoms with Crippen molar-refractivity contribution in [1.29, 1.82) is 0 Å². The number of likely N-dealkylation sites (N-methyl/N-ethyl adjacent to an activating group) is 2. The van der Waals surface area contributed by atoms with Gasteiger partial charge in [0.25, 0.3) is 11.8 Å². The van der Waals surface area contributed by atoms with Gasteiger partial charge in [-0.05, 0) is 86.1 Å². The van der Waals surface area contributed by atoms with Gasteiger partial charge in [0.05, 0.1) is 25.2 Å². The molecule has 1 fully saturated rings. The molecule has 0 unspecified atom stereocenters. The second kappa shape index (κ2) is 26.4. The maximum absolute atomic E-state index is 14.7. The summed E-state index contributed by atoms with van der Waals surface area (Å²) >= 11 is 0. The van der Waals surface area contributed by atoms with Gasteiger partial charge in [-0.25, -0.2) is 10.0 Å². The number of carbonyl (C=O) groups is 8. The number of phenolic OH excluding ortho intramolecular Hbond substituents is 2. The monoisotopic (exact) mass is 990 g/mol. The van der Waals surface area contributed by atoms with Gasteiger partial charge in [0.15, 0.2) is 0 Å². The predicted octanol–water partition coefficient (Wildman–Crippen LogP) is 0.285. The van der Waals surface area contributed by atoms with Crippen LogP contribution in [0.25, 0.3) is 0 Å². The van der Waals surface area contributed by atoms with E-state index < -0.39 is 96.6 Å². The van der Waals surface area contributed by atoms with Gasteiger partial charge >= 0.3 is 0 Å². The lowest BCUT2D eigenvalue weighted by Crippen LogP contribution is -2.63. The number of hydrogen-bond donors (Lipinski definition) is 8. The summed E-state index contributed by atoms with van der Waals surface area (Å²) in [5, 5.41) is 32.4.